The number of benzene rings is 1. The predicted octanol–water partition coefficient (Wildman–Crippen LogP) is 2.09. The Bertz CT molecular complexity index is 541. The van der Waals surface area contributed by atoms with Crippen molar-refractivity contribution >= 4 is 11.8 Å². The molecular formula is C19H29N3O2. The molecule has 0 spiro atoms. The Morgan fingerprint density at radius 3 is 2.00 bits per heavy atom. The summed E-state index contributed by atoms with van der Waals surface area (Å²) in [6.07, 6.45) is 0. The van der Waals surface area contributed by atoms with Crippen LogP contribution in [0.15, 0.2) is 30.3 Å². The molecule has 24 heavy (non-hydrogen) atoms. The number of piperazine rings is 1. The van der Waals surface area contributed by atoms with Crippen LogP contribution in [0, 0.1) is 0 Å². The van der Waals surface area contributed by atoms with Gasteiger partial charge < -0.3 is 9.80 Å². The van der Waals surface area contributed by atoms with Gasteiger partial charge in [0, 0.05) is 43.8 Å². The fourth-order valence-corrected chi connectivity index (χ4v) is 3.32. The molecule has 2 amide bonds. The molecule has 0 aliphatic carbocycles. The summed E-state index contributed by atoms with van der Waals surface area (Å²) in [5.41, 5.74) is 0.729. The first-order valence-electron chi connectivity index (χ1n) is 8.78. The first kappa shape index (κ1) is 18.5. The number of carbonyl (C=O) groups excluding carboxylic acids is 2. The lowest BCUT2D eigenvalue weighted by Gasteiger charge is -2.37. The average molecular weight is 331 g/mol. The lowest BCUT2D eigenvalue weighted by molar-refractivity contribution is -0.136. The minimum Gasteiger partial charge on any atom is -0.337 e. The molecule has 0 radical (unpaired) electrons. The summed E-state index contributed by atoms with van der Waals surface area (Å²) in [4.78, 5) is 30.9. The normalized spacial score (nSPS) is 15.8. The van der Waals surface area contributed by atoms with Gasteiger partial charge in [0.05, 0.1) is 6.54 Å². The van der Waals surface area contributed by atoms with Crippen LogP contribution < -0.4 is 0 Å². The molecule has 1 fully saturated rings. The lowest BCUT2D eigenvalue weighted by Crippen LogP contribution is -2.53. The van der Waals surface area contributed by atoms with E-state index in [0.717, 1.165) is 18.7 Å². The second-order valence-electron chi connectivity index (χ2n) is 6.92. The molecule has 1 heterocycles. The Morgan fingerprint density at radius 2 is 1.50 bits per heavy atom. The highest BCUT2D eigenvalue weighted by molar-refractivity contribution is 5.94. The van der Waals surface area contributed by atoms with Crippen molar-refractivity contribution in [1.29, 1.82) is 0 Å². The molecule has 5 heteroatoms. The van der Waals surface area contributed by atoms with E-state index >= 15 is 0 Å². The summed E-state index contributed by atoms with van der Waals surface area (Å²) < 4.78 is 0. The van der Waals surface area contributed by atoms with Crippen molar-refractivity contribution < 1.29 is 9.59 Å². The van der Waals surface area contributed by atoms with Crippen LogP contribution in [-0.4, -0.2) is 71.3 Å². The second kappa shape index (κ2) is 8.29. The SMILES string of the molecule is CC(C)N(C(=O)CN1CCN(C(=O)c2ccccc2)CC1)C(C)C. The number of nitrogens with zero attached hydrogens (tertiary/aromatic N) is 3. The second-order valence-corrected chi connectivity index (χ2v) is 6.92. The molecule has 2 rings (SSSR count). The molecule has 132 valence electrons. The maximum Gasteiger partial charge on any atom is 0.253 e. The summed E-state index contributed by atoms with van der Waals surface area (Å²) in [5.74, 6) is 0.246. The minimum absolute atomic E-state index is 0.0764. The number of rotatable bonds is 5. The molecule has 0 aromatic heterocycles. The van der Waals surface area contributed by atoms with Crippen molar-refractivity contribution in [2.24, 2.45) is 0 Å². The van der Waals surface area contributed by atoms with Gasteiger partial charge in [0.15, 0.2) is 0 Å². The first-order valence-corrected chi connectivity index (χ1v) is 8.78. The van der Waals surface area contributed by atoms with E-state index < -0.39 is 0 Å². The molecule has 0 N–H and O–H groups in total. The zero-order valence-corrected chi connectivity index (χ0v) is 15.2. The lowest BCUT2D eigenvalue weighted by atomic mass is 10.2. The number of carbonyl (C=O) groups is 2. The smallest absolute Gasteiger partial charge is 0.253 e. The molecule has 0 bridgehead atoms. The topological polar surface area (TPSA) is 43.9 Å². The zero-order valence-electron chi connectivity index (χ0n) is 15.2. The van der Waals surface area contributed by atoms with Crippen LogP contribution >= 0.6 is 0 Å². The molecule has 1 aliphatic heterocycles. The summed E-state index contributed by atoms with van der Waals surface area (Å²) >= 11 is 0. The van der Waals surface area contributed by atoms with Crippen LogP contribution in [0.25, 0.3) is 0 Å². The van der Waals surface area contributed by atoms with Crippen molar-refractivity contribution in [2.75, 3.05) is 32.7 Å². The number of hydrogen-bond donors (Lipinski definition) is 0. The third-order valence-corrected chi connectivity index (χ3v) is 4.44. The summed E-state index contributed by atoms with van der Waals surface area (Å²) in [6, 6.07) is 9.79. The third-order valence-electron chi connectivity index (χ3n) is 4.44. The standard InChI is InChI=1S/C19H29N3O2/c1-15(2)22(16(3)4)18(23)14-20-10-12-21(13-11-20)19(24)17-8-6-5-7-9-17/h5-9,15-16H,10-14H2,1-4H3. The van der Waals surface area contributed by atoms with E-state index in [0.29, 0.717) is 19.6 Å². The van der Waals surface area contributed by atoms with E-state index in [2.05, 4.69) is 4.90 Å². The van der Waals surface area contributed by atoms with Crippen LogP contribution in [0.3, 0.4) is 0 Å². The van der Waals surface area contributed by atoms with Crippen LogP contribution in [0.5, 0.6) is 0 Å². The van der Waals surface area contributed by atoms with Gasteiger partial charge in [0.2, 0.25) is 5.91 Å². The highest BCUT2D eigenvalue weighted by Crippen LogP contribution is 2.11. The third kappa shape index (κ3) is 4.57. The molecule has 0 atom stereocenters. The van der Waals surface area contributed by atoms with Gasteiger partial charge in [0.25, 0.3) is 5.91 Å². The van der Waals surface area contributed by atoms with Crippen LogP contribution in [-0.2, 0) is 4.79 Å². The Balaban J connectivity index is 1.86. The van der Waals surface area contributed by atoms with E-state index in [1.54, 1.807) is 0 Å². The minimum atomic E-state index is 0.0764. The van der Waals surface area contributed by atoms with Gasteiger partial charge in [-0.15, -0.1) is 0 Å². The molecule has 5 nitrogen and oxygen atoms in total. The zero-order chi connectivity index (χ0) is 17.7. The highest BCUT2D eigenvalue weighted by Gasteiger charge is 2.26. The quantitative estimate of drug-likeness (QED) is 0.830. The molecule has 1 aromatic carbocycles. The molecular weight excluding hydrogens is 302 g/mol. The molecule has 0 unspecified atom stereocenters. The maximum absolute atomic E-state index is 12.5. The Labute approximate surface area is 145 Å². The largest absolute Gasteiger partial charge is 0.337 e. The summed E-state index contributed by atoms with van der Waals surface area (Å²) in [5, 5.41) is 0. The van der Waals surface area contributed by atoms with Gasteiger partial charge >= 0.3 is 0 Å². The van der Waals surface area contributed by atoms with E-state index in [4.69, 9.17) is 0 Å². The van der Waals surface area contributed by atoms with Crippen molar-refractivity contribution in [3.63, 3.8) is 0 Å². The van der Waals surface area contributed by atoms with Gasteiger partial charge in [-0.3, -0.25) is 14.5 Å². The van der Waals surface area contributed by atoms with Gasteiger partial charge in [-0.05, 0) is 39.8 Å². The Hall–Kier alpha value is -1.88. The number of amides is 2. The molecule has 1 saturated heterocycles. The molecule has 1 aromatic rings. The van der Waals surface area contributed by atoms with E-state index in [1.165, 1.54) is 0 Å². The van der Waals surface area contributed by atoms with Gasteiger partial charge in [-0.2, -0.15) is 0 Å². The van der Waals surface area contributed by atoms with Crippen LogP contribution in [0.1, 0.15) is 38.1 Å². The van der Waals surface area contributed by atoms with E-state index in [9.17, 15) is 9.59 Å². The average Bonchev–Trinajstić information content (AvgIpc) is 2.55. The van der Waals surface area contributed by atoms with Crippen molar-refractivity contribution in [3.05, 3.63) is 35.9 Å². The monoisotopic (exact) mass is 331 g/mol. The molecule has 0 saturated carbocycles. The highest BCUT2D eigenvalue weighted by atomic mass is 16.2. The predicted molar refractivity (Wildman–Crippen MR) is 95.9 cm³/mol. The van der Waals surface area contributed by atoms with Crippen molar-refractivity contribution in [1.82, 2.24) is 14.7 Å². The van der Waals surface area contributed by atoms with Crippen LogP contribution in [0.4, 0.5) is 0 Å². The summed E-state index contributed by atoms with van der Waals surface area (Å²) in [6.45, 7) is 11.5. The van der Waals surface area contributed by atoms with Gasteiger partial charge in [-0.25, -0.2) is 0 Å². The maximum atomic E-state index is 12.5. The van der Waals surface area contributed by atoms with E-state index in [1.807, 2.05) is 67.8 Å². The Kier molecular flexibility index (Phi) is 6.37. The fraction of sp³-hybridized carbons (Fsp3) is 0.579. The molecule has 1 aliphatic rings. The van der Waals surface area contributed by atoms with E-state index in [-0.39, 0.29) is 23.9 Å². The first-order chi connectivity index (χ1) is 11.4. The summed E-state index contributed by atoms with van der Waals surface area (Å²) in [7, 11) is 0. The van der Waals surface area contributed by atoms with Crippen molar-refractivity contribution in [3.8, 4) is 0 Å². The Morgan fingerprint density at radius 1 is 0.958 bits per heavy atom. The van der Waals surface area contributed by atoms with Gasteiger partial charge in [-0.1, -0.05) is 18.2 Å². The van der Waals surface area contributed by atoms with Crippen molar-refractivity contribution in [2.45, 2.75) is 39.8 Å². The van der Waals surface area contributed by atoms with Crippen LogP contribution in [0.2, 0.25) is 0 Å². The fourth-order valence-electron chi connectivity index (χ4n) is 3.32. The van der Waals surface area contributed by atoms with Gasteiger partial charge in [0.1, 0.15) is 0 Å². The number of hydrogen-bond acceptors (Lipinski definition) is 3.